The standard InChI is InChI=1S/C26H32N4O3/c31-22-9-7-21(8-10-22)28-26-27-17-20-6-11-23(16-24(20)29-26)33-25(19-4-2-1-3-5-19)18-30-12-14-32-15-13-30/h1-6,11,16-17,21-22,25,31H,7-10,12-15,18H2,(H,27,28,29)/t21-,22-,25?. The van der Waals surface area contributed by atoms with E-state index in [1.54, 1.807) is 0 Å². The van der Waals surface area contributed by atoms with Gasteiger partial charge in [-0.3, -0.25) is 4.90 Å². The number of nitrogens with zero attached hydrogens (tertiary/aromatic N) is 3. The highest BCUT2D eigenvalue weighted by atomic mass is 16.5. The summed E-state index contributed by atoms with van der Waals surface area (Å²) in [5.74, 6) is 1.43. The molecule has 2 heterocycles. The van der Waals surface area contributed by atoms with Crippen molar-refractivity contribution < 1.29 is 14.6 Å². The number of morpholine rings is 1. The van der Waals surface area contributed by atoms with E-state index in [2.05, 4.69) is 39.5 Å². The van der Waals surface area contributed by atoms with Crippen molar-refractivity contribution in [1.82, 2.24) is 14.9 Å². The van der Waals surface area contributed by atoms with E-state index < -0.39 is 0 Å². The highest BCUT2D eigenvalue weighted by Gasteiger charge is 2.21. The summed E-state index contributed by atoms with van der Waals surface area (Å²) in [7, 11) is 0. The Bertz CT molecular complexity index is 1030. The highest BCUT2D eigenvalue weighted by Crippen LogP contribution is 2.27. The van der Waals surface area contributed by atoms with E-state index in [9.17, 15) is 5.11 Å². The predicted octanol–water partition coefficient (Wildman–Crippen LogP) is 3.80. The van der Waals surface area contributed by atoms with Gasteiger partial charge >= 0.3 is 0 Å². The van der Waals surface area contributed by atoms with E-state index in [-0.39, 0.29) is 12.2 Å². The number of hydrogen-bond donors (Lipinski definition) is 2. The number of aliphatic hydroxyl groups excluding tert-OH is 1. The fourth-order valence-electron chi connectivity index (χ4n) is 4.61. The first kappa shape index (κ1) is 22.1. The van der Waals surface area contributed by atoms with Crippen LogP contribution in [0.1, 0.15) is 37.4 Å². The van der Waals surface area contributed by atoms with Crippen LogP contribution >= 0.6 is 0 Å². The number of anilines is 1. The van der Waals surface area contributed by atoms with Gasteiger partial charge in [0.1, 0.15) is 11.9 Å². The van der Waals surface area contributed by atoms with Crippen molar-refractivity contribution >= 4 is 16.9 Å². The minimum Gasteiger partial charge on any atom is -0.484 e. The molecule has 5 rings (SSSR count). The minimum atomic E-state index is -0.171. The Labute approximate surface area is 194 Å². The molecule has 1 aliphatic carbocycles. The normalized spacial score (nSPS) is 22.7. The molecule has 1 unspecified atom stereocenters. The van der Waals surface area contributed by atoms with Crippen LogP contribution in [0.3, 0.4) is 0 Å². The molecular weight excluding hydrogens is 416 g/mol. The Kier molecular flexibility index (Phi) is 7.00. The monoisotopic (exact) mass is 448 g/mol. The van der Waals surface area contributed by atoms with Crippen LogP contribution in [0.5, 0.6) is 5.75 Å². The zero-order valence-electron chi connectivity index (χ0n) is 18.9. The van der Waals surface area contributed by atoms with Crippen LogP contribution < -0.4 is 10.1 Å². The first-order valence-corrected chi connectivity index (χ1v) is 12.0. The molecule has 1 atom stereocenters. The zero-order valence-corrected chi connectivity index (χ0v) is 18.9. The lowest BCUT2D eigenvalue weighted by Crippen LogP contribution is -2.39. The van der Waals surface area contributed by atoms with Crippen molar-refractivity contribution in [3.8, 4) is 5.75 Å². The van der Waals surface area contributed by atoms with Gasteiger partial charge in [-0.05, 0) is 43.4 Å². The number of benzene rings is 2. The van der Waals surface area contributed by atoms with Gasteiger partial charge in [0, 0.05) is 43.3 Å². The summed E-state index contributed by atoms with van der Waals surface area (Å²) >= 11 is 0. The number of aromatic nitrogens is 2. The summed E-state index contributed by atoms with van der Waals surface area (Å²) in [6.45, 7) is 4.19. The van der Waals surface area contributed by atoms with Gasteiger partial charge < -0.3 is 19.9 Å². The molecule has 2 N–H and O–H groups in total. The van der Waals surface area contributed by atoms with Crippen LogP contribution in [-0.4, -0.2) is 65.0 Å². The molecule has 2 aliphatic rings. The topological polar surface area (TPSA) is 79.7 Å². The number of aliphatic hydroxyl groups is 1. The van der Waals surface area contributed by atoms with Gasteiger partial charge in [0.2, 0.25) is 5.95 Å². The van der Waals surface area contributed by atoms with Crippen LogP contribution in [-0.2, 0) is 4.74 Å². The molecule has 0 amide bonds. The first-order chi connectivity index (χ1) is 16.2. The summed E-state index contributed by atoms with van der Waals surface area (Å²) in [6, 6.07) is 16.7. The van der Waals surface area contributed by atoms with Gasteiger partial charge in [-0.2, -0.15) is 0 Å². The fraction of sp³-hybridized carbons (Fsp3) is 0.462. The van der Waals surface area contributed by atoms with Crippen LogP contribution in [0.2, 0.25) is 0 Å². The average Bonchev–Trinajstić information content (AvgIpc) is 2.86. The molecule has 2 aromatic carbocycles. The maximum atomic E-state index is 9.74. The number of hydrogen-bond acceptors (Lipinski definition) is 7. The van der Waals surface area contributed by atoms with Gasteiger partial charge in [-0.25, -0.2) is 9.97 Å². The van der Waals surface area contributed by atoms with E-state index in [1.165, 1.54) is 0 Å². The molecule has 7 heteroatoms. The number of nitrogens with one attached hydrogen (secondary N) is 1. The first-order valence-electron chi connectivity index (χ1n) is 12.0. The molecule has 0 radical (unpaired) electrons. The largest absolute Gasteiger partial charge is 0.484 e. The highest BCUT2D eigenvalue weighted by molar-refractivity contribution is 5.80. The minimum absolute atomic E-state index is 0.0742. The van der Waals surface area contributed by atoms with Crippen molar-refractivity contribution in [3.05, 3.63) is 60.3 Å². The molecule has 0 spiro atoms. The number of rotatable bonds is 7. The van der Waals surface area contributed by atoms with E-state index in [4.69, 9.17) is 14.5 Å². The SMILES string of the molecule is O[C@H]1CC[C@H](Nc2ncc3ccc(OC(CN4CCOCC4)c4ccccc4)cc3n2)CC1. The second kappa shape index (κ2) is 10.5. The Balaban J connectivity index is 1.33. The maximum absolute atomic E-state index is 9.74. The molecule has 0 bridgehead atoms. The fourth-order valence-corrected chi connectivity index (χ4v) is 4.61. The lowest BCUT2D eigenvalue weighted by Gasteiger charge is -2.31. The van der Waals surface area contributed by atoms with Gasteiger partial charge in [0.15, 0.2) is 0 Å². The molecule has 3 aromatic rings. The van der Waals surface area contributed by atoms with Crippen molar-refractivity contribution in [3.63, 3.8) is 0 Å². The quantitative estimate of drug-likeness (QED) is 0.569. The van der Waals surface area contributed by atoms with Gasteiger partial charge in [0.05, 0.1) is 24.8 Å². The Morgan fingerprint density at radius 2 is 1.85 bits per heavy atom. The van der Waals surface area contributed by atoms with Gasteiger partial charge in [-0.15, -0.1) is 0 Å². The summed E-state index contributed by atoms with van der Waals surface area (Å²) in [5.41, 5.74) is 2.02. The second-order valence-corrected chi connectivity index (χ2v) is 8.99. The third kappa shape index (κ3) is 5.79. The Morgan fingerprint density at radius 1 is 1.06 bits per heavy atom. The lowest BCUT2D eigenvalue weighted by molar-refractivity contribution is 0.0189. The van der Waals surface area contributed by atoms with Crippen LogP contribution in [0.25, 0.3) is 10.9 Å². The predicted molar refractivity (Wildman–Crippen MR) is 128 cm³/mol. The Morgan fingerprint density at radius 3 is 2.64 bits per heavy atom. The molecule has 7 nitrogen and oxygen atoms in total. The van der Waals surface area contributed by atoms with Crippen molar-refractivity contribution in [2.75, 3.05) is 38.2 Å². The zero-order chi connectivity index (χ0) is 22.5. The van der Waals surface area contributed by atoms with E-state index >= 15 is 0 Å². The summed E-state index contributed by atoms with van der Waals surface area (Å²) in [4.78, 5) is 11.6. The third-order valence-corrected chi connectivity index (χ3v) is 6.56. The smallest absolute Gasteiger partial charge is 0.223 e. The number of ether oxygens (including phenoxy) is 2. The summed E-state index contributed by atoms with van der Waals surface area (Å²) in [6.07, 6.45) is 5.14. The average molecular weight is 449 g/mol. The second-order valence-electron chi connectivity index (χ2n) is 8.99. The molecule has 2 fully saturated rings. The molecule has 1 saturated carbocycles. The van der Waals surface area contributed by atoms with Gasteiger partial charge in [-0.1, -0.05) is 30.3 Å². The van der Waals surface area contributed by atoms with Crippen LogP contribution in [0, 0.1) is 0 Å². The molecule has 1 aliphatic heterocycles. The van der Waals surface area contributed by atoms with Gasteiger partial charge in [0.25, 0.3) is 0 Å². The van der Waals surface area contributed by atoms with E-state index in [1.807, 2.05) is 30.5 Å². The maximum Gasteiger partial charge on any atom is 0.223 e. The van der Waals surface area contributed by atoms with Crippen LogP contribution in [0.15, 0.2) is 54.7 Å². The molecule has 174 valence electrons. The van der Waals surface area contributed by atoms with Crippen molar-refractivity contribution in [1.29, 1.82) is 0 Å². The number of fused-ring (bicyclic) bond motifs is 1. The molecule has 1 saturated heterocycles. The van der Waals surface area contributed by atoms with E-state index in [0.29, 0.717) is 12.0 Å². The molecule has 33 heavy (non-hydrogen) atoms. The lowest BCUT2D eigenvalue weighted by atomic mass is 9.93. The third-order valence-electron chi connectivity index (χ3n) is 6.56. The summed E-state index contributed by atoms with van der Waals surface area (Å²) in [5, 5.41) is 14.2. The molecule has 1 aromatic heterocycles. The molecular formula is C26H32N4O3. The summed E-state index contributed by atoms with van der Waals surface area (Å²) < 4.78 is 12.0. The van der Waals surface area contributed by atoms with Crippen LogP contribution in [0.4, 0.5) is 5.95 Å². The van der Waals surface area contributed by atoms with E-state index in [0.717, 1.165) is 80.7 Å². The van der Waals surface area contributed by atoms with Crippen molar-refractivity contribution in [2.45, 2.75) is 43.9 Å². The Hall–Kier alpha value is -2.74. The van der Waals surface area contributed by atoms with Crippen molar-refractivity contribution in [2.24, 2.45) is 0 Å².